The molecular formula is C47H44ClN7O3. The topological polar surface area (TPSA) is 105 Å². The van der Waals surface area contributed by atoms with Crippen molar-refractivity contribution in [1.82, 2.24) is 29.9 Å². The molecule has 1 atom stereocenters. The molecule has 3 saturated carbocycles. The highest BCUT2D eigenvalue weighted by molar-refractivity contribution is 6.33. The highest BCUT2D eigenvalue weighted by Crippen LogP contribution is 2.57. The summed E-state index contributed by atoms with van der Waals surface area (Å²) < 4.78 is 2.03. The Labute approximate surface area is 344 Å². The number of halogens is 1. The molecule has 5 fully saturated rings. The number of nitrogens with zero attached hydrogens (tertiary/aromatic N) is 6. The SMILES string of the molecule is [C-]#[N+]c1ccc(-c2nn(Cc3ccc(C#CC45CCC(CN6CC(C#Cc7cnc8c(c7)C(=O)N(C7CCC(=O)NC7=O)C8)C6)(CC4)CC5)cc3)c(C)c2C)cc1Cl. The summed E-state index contributed by atoms with van der Waals surface area (Å²) in [5, 5.41) is 7.70. The molecule has 2 aromatic carbocycles. The zero-order chi connectivity index (χ0) is 40.2. The van der Waals surface area contributed by atoms with Crippen molar-refractivity contribution in [3.63, 3.8) is 0 Å². The number of benzene rings is 2. The molecule has 10 rings (SSSR count). The van der Waals surface area contributed by atoms with Gasteiger partial charge in [-0.15, -0.1) is 0 Å². The number of hydrogen-bond donors (Lipinski definition) is 1. The number of aromatic nitrogens is 3. The molecule has 58 heavy (non-hydrogen) atoms. The van der Waals surface area contributed by atoms with Gasteiger partial charge in [0.25, 0.3) is 5.91 Å². The van der Waals surface area contributed by atoms with Gasteiger partial charge in [0.2, 0.25) is 17.5 Å². The van der Waals surface area contributed by atoms with Crippen LogP contribution in [-0.4, -0.2) is 68.0 Å². The van der Waals surface area contributed by atoms with E-state index in [-0.39, 0.29) is 30.2 Å². The van der Waals surface area contributed by atoms with Crippen LogP contribution in [0.5, 0.6) is 0 Å². The summed E-state index contributed by atoms with van der Waals surface area (Å²) in [5.74, 6) is 13.3. The maximum Gasteiger partial charge on any atom is 0.256 e. The second-order valence-electron chi connectivity index (χ2n) is 17.0. The number of pyridine rings is 1. The van der Waals surface area contributed by atoms with Gasteiger partial charge in [0.15, 0.2) is 0 Å². The van der Waals surface area contributed by atoms with Crippen LogP contribution in [0.1, 0.15) is 95.4 Å². The van der Waals surface area contributed by atoms with Crippen LogP contribution in [0.2, 0.25) is 5.02 Å². The van der Waals surface area contributed by atoms with Crippen molar-refractivity contribution >= 4 is 35.0 Å². The third-order valence-corrected chi connectivity index (χ3v) is 13.6. The minimum absolute atomic E-state index is 0.115. The maximum atomic E-state index is 13.2. The van der Waals surface area contributed by atoms with Gasteiger partial charge >= 0.3 is 0 Å². The van der Waals surface area contributed by atoms with Gasteiger partial charge < -0.3 is 9.80 Å². The molecule has 3 aliphatic heterocycles. The minimum Gasteiger partial charge on any atom is -0.321 e. The van der Waals surface area contributed by atoms with Crippen LogP contribution in [0, 0.1) is 60.8 Å². The predicted octanol–water partition coefficient (Wildman–Crippen LogP) is 7.25. The Morgan fingerprint density at radius 2 is 1.72 bits per heavy atom. The molecule has 1 N–H and O–H groups in total. The molecule has 292 valence electrons. The molecular weight excluding hydrogens is 746 g/mol. The maximum absolute atomic E-state index is 13.2. The van der Waals surface area contributed by atoms with Crippen LogP contribution in [0.15, 0.2) is 54.7 Å². The van der Waals surface area contributed by atoms with E-state index in [1.165, 1.54) is 29.7 Å². The lowest BCUT2D eigenvalue weighted by Crippen LogP contribution is -2.54. The second kappa shape index (κ2) is 14.9. The van der Waals surface area contributed by atoms with E-state index >= 15 is 0 Å². The number of imide groups is 1. The Bertz CT molecular complexity index is 2520. The number of carbonyl (C=O) groups excluding carboxylic acids is 3. The van der Waals surface area contributed by atoms with Crippen LogP contribution in [0.3, 0.4) is 0 Å². The molecule has 10 nitrogen and oxygen atoms in total. The number of hydrogen-bond acceptors (Lipinski definition) is 6. The second-order valence-corrected chi connectivity index (χ2v) is 17.4. The normalized spacial score (nSPS) is 23.9. The van der Waals surface area contributed by atoms with Crippen molar-refractivity contribution in [1.29, 1.82) is 0 Å². The molecule has 4 aromatic rings. The summed E-state index contributed by atoms with van der Waals surface area (Å²) in [6.07, 6.45) is 9.42. The fraction of sp³-hybridized carbons (Fsp3) is 0.404. The fourth-order valence-corrected chi connectivity index (χ4v) is 9.73. The van der Waals surface area contributed by atoms with Crippen molar-refractivity contribution in [2.24, 2.45) is 16.7 Å². The number of carbonyl (C=O) groups is 3. The fourth-order valence-electron chi connectivity index (χ4n) is 9.51. The third-order valence-electron chi connectivity index (χ3n) is 13.3. The van der Waals surface area contributed by atoms with Crippen LogP contribution < -0.4 is 5.32 Å². The standard InChI is InChI=1S/C47H44ClN7O3/c1-30-31(2)55(52-43(30)36-10-11-39(49-3)38(48)23-36)27-33-6-4-32(5-7-33)14-15-46-16-19-47(20-17-46,21-18-46)29-53-25-35(26-53)9-8-34-22-37-40(50-24-34)28-54(45(37)58)41-12-13-42(56)51-44(41)57/h4-7,10-11,22-24,35,41H,12-13,16-21,25-29H2,1-2H3,(H,51,56,57). The molecule has 3 aliphatic carbocycles. The van der Waals surface area contributed by atoms with E-state index in [0.717, 1.165) is 67.0 Å². The number of likely N-dealkylation sites (tertiary alicyclic amines) is 1. The van der Waals surface area contributed by atoms with E-state index in [1.807, 2.05) is 16.8 Å². The van der Waals surface area contributed by atoms with Crippen molar-refractivity contribution in [2.45, 2.75) is 84.3 Å². The highest BCUT2D eigenvalue weighted by Gasteiger charge is 2.49. The van der Waals surface area contributed by atoms with E-state index in [0.29, 0.717) is 51.8 Å². The number of amides is 3. The monoisotopic (exact) mass is 789 g/mol. The van der Waals surface area contributed by atoms with Gasteiger partial charge in [0.1, 0.15) is 6.04 Å². The van der Waals surface area contributed by atoms with Gasteiger partial charge in [-0.25, -0.2) is 4.85 Å². The van der Waals surface area contributed by atoms with Gasteiger partial charge in [-0.2, -0.15) is 5.10 Å². The molecule has 1 unspecified atom stereocenters. The Balaban J connectivity index is 0.755. The van der Waals surface area contributed by atoms with Crippen molar-refractivity contribution < 1.29 is 14.4 Å². The van der Waals surface area contributed by atoms with Gasteiger partial charge in [-0.1, -0.05) is 59.5 Å². The molecule has 0 spiro atoms. The molecule has 11 heteroatoms. The smallest absolute Gasteiger partial charge is 0.256 e. The van der Waals surface area contributed by atoms with Crippen molar-refractivity contribution in [2.75, 3.05) is 19.6 Å². The minimum atomic E-state index is -0.647. The summed E-state index contributed by atoms with van der Waals surface area (Å²) in [5.41, 5.74) is 9.00. The van der Waals surface area contributed by atoms with Crippen LogP contribution in [-0.2, 0) is 22.7 Å². The quantitative estimate of drug-likeness (QED) is 0.125. The van der Waals surface area contributed by atoms with Crippen LogP contribution >= 0.6 is 11.6 Å². The largest absolute Gasteiger partial charge is 0.321 e. The Morgan fingerprint density at radius 3 is 2.43 bits per heavy atom. The average molecular weight is 790 g/mol. The number of fused-ring (bicyclic) bond motifs is 4. The van der Waals surface area contributed by atoms with Crippen molar-refractivity contribution in [3.8, 4) is 34.9 Å². The third kappa shape index (κ3) is 7.19. The molecule has 2 aromatic heterocycles. The van der Waals surface area contributed by atoms with Gasteiger partial charge in [0, 0.05) is 71.0 Å². The molecule has 2 bridgehead atoms. The Hall–Kier alpha value is -5.73. The summed E-state index contributed by atoms with van der Waals surface area (Å²) >= 11 is 6.33. The van der Waals surface area contributed by atoms with Gasteiger partial charge in [0.05, 0.1) is 36.6 Å². The van der Waals surface area contributed by atoms with E-state index in [9.17, 15) is 14.4 Å². The lowest BCUT2D eigenvalue weighted by Gasteiger charge is -2.54. The van der Waals surface area contributed by atoms with Gasteiger partial charge in [-0.05, 0) is 99.6 Å². The lowest BCUT2D eigenvalue weighted by molar-refractivity contribution is -0.136. The van der Waals surface area contributed by atoms with Crippen LogP contribution in [0.25, 0.3) is 16.1 Å². The zero-order valence-corrected chi connectivity index (χ0v) is 33.6. The molecule has 2 saturated heterocycles. The summed E-state index contributed by atoms with van der Waals surface area (Å²) in [6, 6.07) is 15.2. The number of piperidine rings is 1. The van der Waals surface area contributed by atoms with Gasteiger partial charge in [-0.3, -0.25) is 29.4 Å². The summed E-state index contributed by atoms with van der Waals surface area (Å²) in [4.78, 5) is 49.2. The first-order valence-corrected chi connectivity index (χ1v) is 20.6. The number of rotatable bonds is 6. The first-order valence-electron chi connectivity index (χ1n) is 20.2. The zero-order valence-electron chi connectivity index (χ0n) is 32.8. The molecule has 5 heterocycles. The van der Waals surface area contributed by atoms with Crippen molar-refractivity contribution in [3.05, 3.63) is 110 Å². The lowest BCUT2D eigenvalue weighted by atomic mass is 9.53. The molecule has 3 amide bonds. The molecule has 6 aliphatic rings. The van der Waals surface area contributed by atoms with E-state index in [2.05, 4.69) is 81.8 Å². The Kier molecular flexibility index (Phi) is 9.71. The predicted molar refractivity (Wildman–Crippen MR) is 220 cm³/mol. The van der Waals surface area contributed by atoms with Crippen LogP contribution in [0.4, 0.5) is 5.69 Å². The van der Waals surface area contributed by atoms with E-state index in [4.69, 9.17) is 23.3 Å². The average Bonchev–Trinajstić information content (AvgIpc) is 3.69. The van der Waals surface area contributed by atoms with E-state index < -0.39 is 11.9 Å². The number of nitrogens with one attached hydrogen (secondary N) is 1. The Morgan fingerprint density at radius 1 is 0.966 bits per heavy atom. The van der Waals surface area contributed by atoms with E-state index in [1.54, 1.807) is 18.3 Å². The summed E-state index contributed by atoms with van der Waals surface area (Å²) in [6.45, 7) is 15.4. The molecule has 0 radical (unpaired) electrons. The first kappa shape index (κ1) is 37.8. The first-order chi connectivity index (χ1) is 28.0. The highest BCUT2D eigenvalue weighted by atomic mass is 35.5. The summed E-state index contributed by atoms with van der Waals surface area (Å²) in [7, 11) is 0.